The standard InChI is InChI=1S/C33H31NO4.ClH/c35-33(36)17-29-22-38-32-18-30(11-12-31(29)32)37-21-24-7-4-8-26(15-24)27-10-9-25-13-14-34(20-28(25)16-27)19-23-5-2-1-3-6-23;/h1-12,15-16,18,29H,13-14,17,19-22H2,(H,35,36);1H/t29-;/m1./s1. The van der Waals surface area contributed by atoms with Gasteiger partial charge < -0.3 is 14.6 Å². The highest BCUT2D eigenvalue weighted by molar-refractivity contribution is 5.85. The van der Waals surface area contributed by atoms with Crippen LogP contribution in [0.4, 0.5) is 0 Å². The number of halogens is 1. The van der Waals surface area contributed by atoms with E-state index in [4.69, 9.17) is 14.6 Å². The predicted molar refractivity (Wildman–Crippen MR) is 155 cm³/mol. The molecule has 6 heteroatoms. The lowest BCUT2D eigenvalue weighted by molar-refractivity contribution is -0.137. The zero-order chi connectivity index (χ0) is 25.9. The Hall–Kier alpha value is -3.80. The van der Waals surface area contributed by atoms with Gasteiger partial charge >= 0.3 is 5.97 Å². The van der Waals surface area contributed by atoms with E-state index < -0.39 is 5.97 Å². The topological polar surface area (TPSA) is 59.0 Å². The van der Waals surface area contributed by atoms with E-state index in [0.29, 0.717) is 13.2 Å². The summed E-state index contributed by atoms with van der Waals surface area (Å²) in [6.45, 7) is 3.88. The predicted octanol–water partition coefficient (Wildman–Crippen LogP) is 6.86. The summed E-state index contributed by atoms with van der Waals surface area (Å²) < 4.78 is 11.8. The number of rotatable bonds is 8. The highest BCUT2D eigenvalue weighted by Crippen LogP contribution is 2.38. The van der Waals surface area contributed by atoms with Gasteiger partial charge in [0.2, 0.25) is 0 Å². The molecule has 0 aliphatic carbocycles. The first-order valence-corrected chi connectivity index (χ1v) is 13.2. The van der Waals surface area contributed by atoms with Gasteiger partial charge in [-0.1, -0.05) is 66.7 Å². The molecule has 0 aromatic heterocycles. The molecule has 0 amide bonds. The first-order chi connectivity index (χ1) is 18.6. The van der Waals surface area contributed by atoms with E-state index in [1.165, 1.54) is 27.8 Å². The Balaban J connectivity index is 0.00000308. The van der Waals surface area contributed by atoms with Gasteiger partial charge in [0.15, 0.2) is 0 Å². The maximum atomic E-state index is 11.1. The van der Waals surface area contributed by atoms with E-state index in [1.807, 2.05) is 18.2 Å². The average Bonchev–Trinajstić information content (AvgIpc) is 3.33. The van der Waals surface area contributed by atoms with Crippen LogP contribution in [0.1, 0.15) is 40.2 Å². The molecule has 2 aliphatic rings. The number of carboxylic acids is 1. The van der Waals surface area contributed by atoms with Crippen molar-refractivity contribution in [2.24, 2.45) is 0 Å². The first kappa shape index (κ1) is 26.8. The van der Waals surface area contributed by atoms with Gasteiger partial charge in [-0.05, 0) is 58.0 Å². The van der Waals surface area contributed by atoms with Crippen LogP contribution in [0.25, 0.3) is 11.1 Å². The molecule has 1 N–H and O–H groups in total. The molecule has 6 rings (SSSR count). The molecule has 1 atom stereocenters. The monoisotopic (exact) mass is 541 g/mol. The minimum atomic E-state index is -0.810. The Kier molecular flexibility index (Phi) is 8.20. The third-order valence-electron chi connectivity index (χ3n) is 7.50. The number of hydrogen-bond donors (Lipinski definition) is 1. The molecule has 4 aromatic carbocycles. The Morgan fingerprint density at radius 2 is 1.72 bits per heavy atom. The van der Waals surface area contributed by atoms with Crippen LogP contribution in [0.5, 0.6) is 11.5 Å². The van der Waals surface area contributed by atoms with E-state index in [2.05, 4.69) is 77.7 Å². The van der Waals surface area contributed by atoms with E-state index in [9.17, 15) is 4.79 Å². The minimum absolute atomic E-state index is 0. The lowest BCUT2D eigenvalue weighted by Crippen LogP contribution is -2.30. The van der Waals surface area contributed by atoms with E-state index in [0.717, 1.165) is 48.7 Å². The van der Waals surface area contributed by atoms with Crippen LogP contribution in [-0.4, -0.2) is 29.1 Å². The Labute approximate surface area is 235 Å². The Bertz CT molecular complexity index is 1460. The van der Waals surface area contributed by atoms with Crippen LogP contribution in [0.3, 0.4) is 0 Å². The molecule has 4 aromatic rings. The van der Waals surface area contributed by atoms with Crippen LogP contribution in [-0.2, 0) is 30.9 Å². The molecule has 39 heavy (non-hydrogen) atoms. The second-order valence-corrected chi connectivity index (χ2v) is 10.2. The smallest absolute Gasteiger partial charge is 0.304 e. The molecular weight excluding hydrogens is 510 g/mol. The Morgan fingerprint density at radius 3 is 2.56 bits per heavy atom. The molecule has 0 bridgehead atoms. The summed E-state index contributed by atoms with van der Waals surface area (Å²) in [4.78, 5) is 13.6. The van der Waals surface area contributed by atoms with Crippen molar-refractivity contribution in [2.75, 3.05) is 13.2 Å². The maximum absolute atomic E-state index is 11.1. The van der Waals surface area contributed by atoms with Gasteiger partial charge in [0.05, 0.1) is 13.0 Å². The molecule has 200 valence electrons. The van der Waals surface area contributed by atoms with Crippen LogP contribution in [0, 0.1) is 0 Å². The van der Waals surface area contributed by atoms with Crippen molar-refractivity contribution >= 4 is 18.4 Å². The number of ether oxygens (including phenoxy) is 2. The van der Waals surface area contributed by atoms with Gasteiger partial charge in [-0.15, -0.1) is 12.4 Å². The SMILES string of the molecule is Cl.O=C(O)C[C@@H]1COc2cc(OCc3cccc(-c4ccc5c(c4)CN(Cc4ccccc4)CC5)c3)ccc21. The van der Waals surface area contributed by atoms with E-state index in [-0.39, 0.29) is 24.7 Å². The van der Waals surface area contributed by atoms with Crippen molar-refractivity contribution < 1.29 is 19.4 Å². The maximum Gasteiger partial charge on any atom is 0.304 e. The lowest BCUT2D eigenvalue weighted by atomic mass is 9.94. The second-order valence-electron chi connectivity index (χ2n) is 10.2. The molecule has 5 nitrogen and oxygen atoms in total. The van der Waals surface area contributed by atoms with Crippen LogP contribution >= 0.6 is 12.4 Å². The number of nitrogens with zero attached hydrogens (tertiary/aromatic N) is 1. The third-order valence-corrected chi connectivity index (χ3v) is 7.50. The van der Waals surface area contributed by atoms with Gasteiger partial charge in [0, 0.05) is 37.2 Å². The van der Waals surface area contributed by atoms with Crippen LogP contribution < -0.4 is 9.47 Å². The summed E-state index contributed by atoms with van der Waals surface area (Å²) >= 11 is 0. The van der Waals surface area contributed by atoms with Gasteiger partial charge in [-0.3, -0.25) is 9.69 Å². The van der Waals surface area contributed by atoms with Crippen molar-refractivity contribution in [3.8, 4) is 22.6 Å². The summed E-state index contributed by atoms with van der Waals surface area (Å²) in [5.41, 5.74) is 8.65. The zero-order valence-electron chi connectivity index (χ0n) is 21.7. The van der Waals surface area contributed by atoms with Gasteiger partial charge in [0.1, 0.15) is 18.1 Å². The molecule has 0 spiro atoms. The number of aliphatic carboxylic acids is 1. The molecule has 0 unspecified atom stereocenters. The molecule has 0 fully saturated rings. The summed E-state index contributed by atoms with van der Waals surface area (Å²) in [6, 6.07) is 31.8. The molecule has 2 aliphatic heterocycles. The van der Waals surface area contributed by atoms with Crippen LogP contribution in [0.15, 0.2) is 91.0 Å². The number of benzene rings is 4. The molecule has 0 saturated heterocycles. The number of carbonyl (C=O) groups is 1. The summed E-state index contributed by atoms with van der Waals surface area (Å²) in [7, 11) is 0. The van der Waals surface area contributed by atoms with Gasteiger partial charge in [-0.2, -0.15) is 0 Å². The van der Waals surface area contributed by atoms with Crippen molar-refractivity contribution in [2.45, 2.75) is 38.5 Å². The largest absolute Gasteiger partial charge is 0.492 e. The number of fused-ring (bicyclic) bond motifs is 2. The van der Waals surface area contributed by atoms with E-state index in [1.54, 1.807) is 0 Å². The lowest BCUT2D eigenvalue weighted by Gasteiger charge is -2.29. The summed E-state index contributed by atoms with van der Waals surface area (Å²) in [5.74, 6) is 0.528. The molecule has 2 heterocycles. The minimum Gasteiger partial charge on any atom is -0.492 e. The van der Waals surface area contributed by atoms with Crippen molar-refractivity contribution in [1.29, 1.82) is 0 Å². The summed E-state index contributed by atoms with van der Waals surface area (Å²) in [6.07, 6.45) is 1.16. The van der Waals surface area contributed by atoms with Crippen LogP contribution in [0.2, 0.25) is 0 Å². The highest BCUT2D eigenvalue weighted by Gasteiger charge is 2.26. The quantitative estimate of drug-likeness (QED) is 0.264. The highest BCUT2D eigenvalue weighted by atomic mass is 35.5. The fourth-order valence-corrected chi connectivity index (χ4v) is 5.51. The average molecular weight is 542 g/mol. The number of hydrogen-bond acceptors (Lipinski definition) is 4. The summed E-state index contributed by atoms with van der Waals surface area (Å²) in [5, 5.41) is 9.11. The van der Waals surface area contributed by atoms with Crippen molar-refractivity contribution in [3.63, 3.8) is 0 Å². The zero-order valence-corrected chi connectivity index (χ0v) is 22.5. The molecular formula is C33H32ClNO4. The first-order valence-electron chi connectivity index (χ1n) is 13.2. The fourth-order valence-electron chi connectivity index (χ4n) is 5.51. The van der Waals surface area contributed by atoms with Gasteiger partial charge in [0.25, 0.3) is 0 Å². The molecule has 0 radical (unpaired) electrons. The van der Waals surface area contributed by atoms with Crippen molar-refractivity contribution in [1.82, 2.24) is 4.90 Å². The number of carboxylic acid groups (broad SMARTS) is 1. The van der Waals surface area contributed by atoms with E-state index >= 15 is 0 Å². The normalized spacial score (nSPS) is 15.9. The van der Waals surface area contributed by atoms with Crippen molar-refractivity contribution in [3.05, 3.63) is 119 Å². The Morgan fingerprint density at radius 1 is 0.897 bits per heavy atom. The third kappa shape index (κ3) is 6.27. The molecule has 0 saturated carbocycles. The fraction of sp³-hybridized carbons (Fsp3) is 0.242. The second kappa shape index (κ2) is 11.9. The van der Waals surface area contributed by atoms with Gasteiger partial charge in [-0.25, -0.2) is 0 Å².